The van der Waals surface area contributed by atoms with Crippen LogP contribution in [0.3, 0.4) is 0 Å². The zero-order chi connectivity index (χ0) is 10.7. The quantitative estimate of drug-likeness (QED) is 0.825. The van der Waals surface area contributed by atoms with E-state index in [0.29, 0.717) is 12.5 Å². The standard InChI is InChI=1S/C10H18N4S/c1-8-4-2-3-5-10(8,6-11)14-9-12-7-13-15-9/h7-8H,2-6,11H2,1H3,(H,12,13,14). The number of nitrogens with two attached hydrogens (primary N) is 1. The van der Waals surface area contributed by atoms with Crippen molar-refractivity contribution >= 4 is 16.7 Å². The van der Waals surface area contributed by atoms with Gasteiger partial charge < -0.3 is 11.1 Å². The molecule has 1 fully saturated rings. The highest BCUT2D eigenvalue weighted by atomic mass is 32.1. The maximum atomic E-state index is 5.94. The third-order valence-electron chi connectivity index (χ3n) is 3.53. The van der Waals surface area contributed by atoms with Crippen LogP contribution in [-0.4, -0.2) is 21.4 Å². The monoisotopic (exact) mass is 226 g/mol. The van der Waals surface area contributed by atoms with Crippen molar-refractivity contribution in [1.82, 2.24) is 9.36 Å². The van der Waals surface area contributed by atoms with E-state index in [2.05, 4.69) is 21.6 Å². The molecule has 4 nitrogen and oxygen atoms in total. The van der Waals surface area contributed by atoms with Gasteiger partial charge in [0.05, 0.1) is 5.54 Å². The van der Waals surface area contributed by atoms with E-state index < -0.39 is 0 Å². The lowest BCUT2D eigenvalue weighted by Crippen LogP contribution is -2.52. The molecule has 2 rings (SSSR count). The third kappa shape index (κ3) is 2.13. The summed E-state index contributed by atoms with van der Waals surface area (Å²) in [4.78, 5) is 4.18. The van der Waals surface area contributed by atoms with Crippen LogP contribution in [0.15, 0.2) is 6.33 Å². The van der Waals surface area contributed by atoms with E-state index in [-0.39, 0.29) is 5.54 Å². The van der Waals surface area contributed by atoms with Crippen LogP contribution in [-0.2, 0) is 0 Å². The van der Waals surface area contributed by atoms with Gasteiger partial charge in [-0.1, -0.05) is 19.8 Å². The first-order valence-electron chi connectivity index (χ1n) is 5.52. The predicted octanol–water partition coefficient (Wildman–Crippen LogP) is 1.86. The molecule has 0 aliphatic heterocycles. The first kappa shape index (κ1) is 10.8. The highest BCUT2D eigenvalue weighted by molar-refractivity contribution is 7.09. The average molecular weight is 226 g/mol. The molecule has 1 saturated carbocycles. The fraction of sp³-hybridized carbons (Fsp3) is 0.800. The molecule has 84 valence electrons. The Kier molecular flexibility index (Phi) is 3.21. The first-order chi connectivity index (χ1) is 7.27. The molecule has 2 atom stereocenters. The van der Waals surface area contributed by atoms with Crippen molar-refractivity contribution in [3.63, 3.8) is 0 Å². The van der Waals surface area contributed by atoms with Gasteiger partial charge in [-0.15, -0.1) is 0 Å². The second kappa shape index (κ2) is 4.45. The molecule has 0 aromatic carbocycles. The highest BCUT2D eigenvalue weighted by Gasteiger charge is 2.37. The van der Waals surface area contributed by atoms with Crippen molar-refractivity contribution < 1.29 is 0 Å². The number of nitrogens with zero attached hydrogens (tertiary/aromatic N) is 2. The van der Waals surface area contributed by atoms with Crippen LogP contribution in [0.2, 0.25) is 0 Å². The van der Waals surface area contributed by atoms with E-state index in [0.717, 1.165) is 11.6 Å². The van der Waals surface area contributed by atoms with E-state index in [1.54, 1.807) is 6.33 Å². The second-order valence-corrected chi connectivity index (χ2v) is 5.16. The molecular formula is C10H18N4S. The Morgan fingerprint density at radius 2 is 2.53 bits per heavy atom. The molecule has 0 amide bonds. The van der Waals surface area contributed by atoms with Gasteiger partial charge in [0, 0.05) is 18.1 Å². The predicted molar refractivity (Wildman–Crippen MR) is 62.9 cm³/mol. The topological polar surface area (TPSA) is 63.8 Å². The molecule has 2 unspecified atom stereocenters. The molecule has 0 bridgehead atoms. The van der Waals surface area contributed by atoms with Gasteiger partial charge >= 0.3 is 0 Å². The second-order valence-electron chi connectivity index (χ2n) is 4.38. The van der Waals surface area contributed by atoms with Crippen LogP contribution in [0, 0.1) is 5.92 Å². The molecule has 1 aromatic heterocycles. The van der Waals surface area contributed by atoms with Gasteiger partial charge in [0.2, 0.25) is 5.13 Å². The van der Waals surface area contributed by atoms with Crippen LogP contribution >= 0.6 is 11.5 Å². The summed E-state index contributed by atoms with van der Waals surface area (Å²) in [6.07, 6.45) is 6.56. The van der Waals surface area contributed by atoms with Crippen LogP contribution < -0.4 is 11.1 Å². The SMILES string of the molecule is CC1CCCCC1(CN)Nc1ncns1. The number of aromatic nitrogens is 2. The van der Waals surface area contributed by atoms with E-state index in [1.807, 2.05) is 0 Å². The molecule has 0 radical (unpaired) electrons. The lowest BCUT2D eigenvalue weighted by atomic mass is 9.74. The summed E-state index contributed by atoms with van der Waals surface area (Å²) in [7, 11) is 0. The maximum Gasteiger partial charge on any atom is 0.202 e. The molecule has 1 aliphatic rings. The Labute approximate surface area is 94.5 Å². The largest absolute Gasteiger partial charge is 0.353 e. The summed E-state index contributed by atoms with van der Waals surface area (Å²) in [6.45, 7) is 2.95. The average Bonchev–Trinajstić information content (AvgIpc) is 2.74. The molecule has 15 heavy (non-hydrogen) atoms. The zero-order valence-electron chi connectivity index (χ0n) is 9.07. The Morgan fingerprint density at radius 1 is 1.67 bits per heavy atom. The normalized spacial score (nSPS) is 31.5. The van der Waals surface area contributed by atoms with Gasteiger partial charge in [-0.3, -0.25) is 0 Å². The minimum absolute atomic E-state index is 0.0395. The van der Waals surface area contributed by atoms with Gasteiger partial charge in [-0.2, -0.15) is 4.37 Å². The summed E-state index contributed by atoms with van der Waals surface area (Å²) >= 11 is 1.40. The lowest BCUT2D eigenvalue weighted by Gasteiger charge is -2.42. The summed E-state index contributed by atoms with van der Waals surface area (Å²) in [5.41, 5.74) is 5.98. The van der Waals surface area contributed by atoms with Crippen molar-refractivity contribution in [1.29, 1.82) is 0 Å². The van der Waals surface area contributed by atoms with E-state index in [4.69, 9.17) is 5.73 Å². The minimum Gasteiger partial charge on any atom is -0.353 e. The number of anilines is 1. The van der Waals surface area contributed by atoms with Crippen LogP contribution in [0.1, 0.15) is 32.6 Å². The zero-order valence-corrected chi connectivity index (χ0v) is 9.89. The molecule has 0 saturated heterocycles. The minimum atomic E-state index is 0.0395. The van der Waals surface area contributed by atoms with Crippen molar-refractivity contribution in [2.24, 2.45) is 11.7 Å². The molecule has 5 heteroatoms. The molecular weight excluding hydrogens is 208 g/mol. The maximum absolute atomic E-state index is 5.94. The summed E-state index contributed by atoms with van der Waals surface area (Å²) < 4.78 is 4.01. The van der Waals surface area contributed by atoms with Crippen LogP contribution in [0.4, 0.5) is 5.13 Å². The van der Waals surface area contributed by atoms with E-state index >= 15 is 0 Å². The summed E-state index contributed by atoms with van der Waals surface area (Å²) in [6, 6.07) is 0. The number of hydrogen-bond acceptors (Lipinski definition) is 5. The van der Waals surface area contributed by atoms with Crippen molar-refractivity contribution in [2.45, 2.75) is 38.1 Å². The third-order valence-corrected chi connectivity index (χ3v) is 4.11. The van der Waals surface area contributed by atoms with Gasteiger partial charge in [0.15, 0.2) is 0 Å². The Hall–Kier alpha value is -0.680. The van der Waals surface area contributed by atoms with Crippen LogP contribution in [0.5, 0.6) is 0 Å². The Bertz CT molecular complexity index is 300. The lowest BCUT2D eigenvalue weighted by molar-refractivity contribution is 0.235. The number of rotatable bonds is 3. The molecule has 1 aliphatic carbocycles. The van der Waals surface area contributed by atoms with Gasteiger partial charge in [0.1, 0.15) is 6.33 Å². The van der Waals surface area contributed by atoms with Crippen molar-refractivity contribution in [3.8, 4) is 0 Å². The Morgan fingerprint density at radius 3 is 3.13 bits per heavy atom. The van der Waals surface area contributed by atoms with E-state index in [1.165, 1.54) is 30.8 Å². The smallest absolute Gasteiger partial charge is 0.202 e. The number of hydrogen-bond donors (Lipinski definition) is 2. The fourth-order valence-electron chi connectivity index (χ4n) is 2.39. The van der Waals surface area contributed by atoms with Crippen LogP contribution in [0.25, 0.3) is 0 Å². The van der Waals surface area contributed by atoms with Crippen molar-refractivity contribution in [3.05, 3.63) is 6.33 Å². The Balaban J connectivity index is 2.13. The molecule has 1 aromatic rings. The highest BCUT2D eigenvalue weighted by Crippen LogP contribution is 2.35. The van der Waals surface area contributed by atoms with Gasteiger partial charge in [-0.05, 0) is 18.8 Å². The summed E-state index contributed by atoms with van der Waals surface area (Å²) in [5.74, 6) is 0.611. The first-order valence-corrected chi connectivity index (χ1v) is 6.29. The molecule has 3 N–H and O–H groups in total. The van der Waals surface area contributed by atoms with E-state index in [9.17, 15) is 0 Å². The summed E-state index contributed by atoms with van der Waals surface area (Å²) in [5, 5.41) is 4.39. The van der Waals surface area contributed by atoms with Gasteiger partial charge in [-0.25, -0.2) is 4.98 Å². The van der Waals surface area contributed by atoms with Gasteiger partial charge in [0.25, 0.3) is 0 Å². The van der Waals surface area contributed by atoms with Crippen molar-refractivity contribution in [2.75, 3.05) is 11.9 Å². The molecule has 1 heterocycles. The number of nitrogens with one attached hydrogen (secondary N) is 1. The molecule has 0 spiro atoms. The fourth-order valence-corrected chi connectivity index (χ4v) is 2.93.